The van der Waals surface area contributed by atoms with Gasteiger partial charge < -0.3 is 19.7 Å². The molecule has 0 spiro atoms. The molecule has 0 saturated carbocycles. The normalized spacial score (nSPS) is 20.7. The van der Waals surface area contributed by atoms with Crippen LogP contribution in [0.5, 0.6) is 5.75 Å². The predicted octanol–water partition coefficient (Wildman–Crippen LogP) is 5.19. The SMILES string of the molecule is CC(C)Oc1ccc(N2CCNC(CCC3OCCc4ccccc43)C2)cc1.Cl.Cl. The third kappa shape index (κ3) is 6.27. The highest BCUT2D eigenvalue weighted by molar-refractivity contribution is 5.85. The van der Waals surface area contributed by atoms with Crippen molar-refractivity contribution in [2.75, 3.05) is 31.1 Å². The second kappa shape index (κ2) is 11.8. The molecule has 2 atom stereocenters. The average Bonchev–Trinajstić information content (AvgIpc) is 2.72. The third-order valence-corrected chi connectivity index (χ3v) is 5.70. The molecule has 0 amide bonds. The first kappa shape index (κ1) is 24.8. The lowest BCUT2D eigenvalue weighted by Gasteiger charge is -2.36. The van der Waals surface area contributed by atoms with E-state index in [9.17, 15) is 0 Å². The van der Waals surface area contributed by atoms with Crippen LogP contribution >= 0.6 is 24.8 Å². The van der Waals surface area contributed by atoms with Gasteiger partial charge in [-0.3, -0.25) is 0 Å². The molecule has 0 aromatic heterocycles. The summed E-state index contributed by atoms with van der Waals surface area (Å²) < 4.78 is 11.9. The van der Waals surface area contributed by atoms with Gasteiger partial charge in [-0.15, -0.1) is 24.8 Å². The van der Waals surface area contributed by atoms with Crippen molar-refractivity contribution in [1.82, 2.24) is 5.32 Å². The number of anilines is 1. The predicted molar refractivity (Wildman–Crippen MR) is 129 cm³/mol. The Labute approximate surface area is 193 Å². The summed E-state index contributed by atoms with van der Waals surface area (Å²) >= 11 is 0. The molecule has 1 N–H and O–H groups in total. The zero-order valence-electron chi connectivity index (χ0n) is 17.9. The molecule has 2 aliphatic heterocycles. The quantitative estimate of drug-likeness (QED) is 0.653. The fourth-order valence-electron chi connectivity index (χ4n) is 4.33. The summed E-state index contributed by atoms with van der Waals surface area (Å²) in [6.07, 6.45) is 3.70. The van der Waals surface area contributed by atoms with E-state index in [1.54, 1.807) is 0 Å². The van der Waals surface area contributed by atoms with Gasteiger partial charge in [-0.05, 0) is 68.5 Å². The molecular formula is C24H34Cl2N2O2. The minimum Gasteiger partial charge on any atom is -0.491 e. The van der Waals surface area contributed by atoms with Crippen LogP contribution in [0.15, 0.2) is 48.5 Å². The smallest absolute Gasteiger partial charge is 0.119 e. The lowest BCUT2D eigenvalue weighted by atomic mass is 9.93. The molecule has 0 radical (unpaired) electrons. The summed E-state index contributed by atoms with van der Waals surface area (Å²) in [5, 5.41) is 3.70. The third-order valence-electron chi connectivity index (χ3n) is 5.70. The standard InChI is InChI=1S/C24H32N2O2.2ClH/c1-18(2)28-22-10-8-21(9-11-22)26-15-14-25-20(17-26)7-12-24-23-6-4-3-5-19(23)13-16-27-24;;/h3-6,8-11,18,20,24-25H,7,12-17H2,1-2H3;2*1H. The molecule has 1 saturated heterocycles. The maximum atomic E-state index is 6.10. The first-order chi connectivity index (χ1) is 13.7. The van der Waals surface area contributed by atoms with Crippen molar-refractivity contribution in [3.8, 4) is 5.75 Å². The van der Waals surface area contributed by atoms with Crippen molar-refractivity contribution in [3.63, 3.8) is 0 Å². The fraction of sp³-hybridized carbons (Fsp3) is 0.500. The number of nitrogens with zero attached hydrogens (tertiary/aromatic N) is 1. The second-order valence-electron chi connectivity index (χ2n) is 8.14. The van der Waals surface area contributed by atoms with Crippen molar-refractivity contribution in [3.05, 3.63) is 59.7 Å². The Bertz CT molecular complexity index is 770. The Morgan fingerprint density at radius 1 is 1.07 bits per heavy atom. The Balaban J connectivity index is 0.00000160. The number of hydrogen-bond donors (Lipinski definition) is 1. The molecule has 2 heterocycles. The van der Waals surface area contributed by atoms with E-state index in [2.05, 4.69) is 72.6 Å². The Hall–Kier alpha value is -1.46. The summed E-state index contributed by atoms with van der Waals surface area (Å²) in [5.41, 5.74) is 4.13. The average molecular weight is 453 g/mol. The molecule has 166 valence electrons. The minimum absolute atomic E-state index is 0. The van der Waals surface area contributed by atoms with Crippen molar-refractivity contribution in [2.24, 2.45) is 0 Å². The lowest BCUT2D eigenvalue weighted by Crippen LogP contribution is -2.50. The number of hydrogen-bond acceptors (Lipinski definition) is 4. The molecule has 4 nitrogen and oxygen atoms in total. The Kier molecular flexibility index (Phi) is 9.76. The number of halogens is 2. The topological polar surface area (TPSA) is 33.7 Å². The van der Waals surface area contributed by atoms with Crippen molar-refractivity contribution < 1.29 is 9.47 Å². The fourth-order valence-corrected chi connectivity index (χ4v) is 4.33. The van der Waals surface area contributed by atoms with Crippen LogP contribution in [0.2, 0.25) is 0 Å². The van der Waals surface area contributed by atoms with Gasteiger partial charge in [0.1, 0.15) is 5.75 Å². The molecular weight excluding hydrogens is 419 g/mol. The molecule has 0 bridgehead atoms. The number of piperazine rings is 1. The summed E-state index contributed by atoms with van der Waals surface area (Å²) in [5.74, 6) is 0.943. The number of benzene rings is 2. The van der Waals surface area contributed by atoms with Gasteiger partial charge in [-0.1, -0.05) is 24.3 Å². The van der Waals surface area contributed by atoms with Crippen LogP contribution in [0.4, 0.5) is 5.69 Å². The first-order valence-electron chi connectivity index (χ1n) is 10.6. The van der Waals surface area contributed by atoms with E-state index in [0.717, 1.165) is 51.3 Å². The number of rotatable bonds is 6. The molecule has 30 heavy (non-hydrogen) atoms. The molecule has 2 unspecified atom stereocenters. The highest BCUT2D eigenvalue weighted by Gasteiger charge is 2.24. The van der Waals surface area contributed by atoms with Crippen molar-refractivity contribution in [1.29, 1.82) is 0 Å². The first-order valence-corrected chi connectivity index (χ1v) is 10.6. The van der Waals surface area contributed by atoms with Crippen LogP contribution < -0.4 is 15.0 Å². The van der Waals surface area contributed by atoms with Crippen LogP contribution in [0, 0.1) is 0 Å². The van der Waals surface area contributed by atoms with E-state index in [4.69, 9.17) is 9.47 Å². The zero-order chi connectivity index (χ0) is 19.3. The van der Waals surface area contributed by atoms with E-state index in [1.807, 2.05) is 0 Å². The number of nitrogens with one attached hydrogen (secondary N) is 1. The van der Waals surface area contributed by atoms with Crippen LogP contribution in [0.1, 0.15) is 43.9 Å². The maximum absolute atomic E-state index is 6.10. The van der Waals surface area contributed by atoms with Gasteiger partial charge in [0.05, 0.1) is 18.8 Å². The van der Waals surface area contributed by atoms with E-state index in [-0.39, 0.29) is 37.0 Å². The Morgan fingerprint density at radius 3 is 2.60 bits per heavy atom. The molecule has 4 rings (SSSR count). The van der Waals surface area contributed by atoms with Crippen LogP contribution in [-0.4, -0.2) is 38.4 Å². The number of fused-ring (bicyclic) bond motifs is 1. The van der Waals surface area contributed by atoms with Crippen LogP contribution in [0.3, 0.4) is 0 Å². The maximum Gasteiger partial charge on any atom is 0.119 e. The van der Waals surface area contributed by atoms with Gasteiger partial charge in [0.15, 0.2) is 0 Å². The van der Waals surface area contributed by atoms with Gasteiger partial charge in [0.2, 0.25) is 0 Å². The Morgan fingerprint density at radius 2 is 1.83 bits per heavy atom. The molecule has 2 aliphatic rings. The van der Waals surface area contributed by atoms with Crippen molar-refractivity contribution >= 4 is 30.5 Å². The molecule has 0 aliphatic carbocycles. The summed E-state index contributed by atoms with van der Waals surface area (Å²) in [6.45, 7) is 8.07. The van der Waals surface area contributed by atoms with E-state index in [0.29, 0.717) is 6.04 Å². The molecule has 1 fully saturated rings. The largest absolute Gasteiger partial charge is 0.491 e. The highest BCUT2D eigenvalue weighted by atomic mass is 35.5. The van der Waals surface area contributed by atoms with E-state index >= 15 is 0 Å². The van der Waals surface area contributed by atoms with E-state index < -0.39 is 0 Å². The van der Waals surface area contributed by atoms with Gasteiger partial charge in [-0.25, -0.2) is 0 Å². The van der Waals surface area contributed by atoms with E-state index in [1.165, 1.54) is 16.8 Å². The molecule has 2 aromatic carbocycles. The van der Waals surface area contributed by atoms with Gasteiger partial charge in [-0.2, -0.15) is 0 Å². The zero-order valence-corrected chi connectivity index (χ0v) is 19.5. The van der Waals surface area contributed by atoms with Gasteiger partial charge in [0, 0.05) is 31.4 Å². The van der Waals surface area contributed by atoms with Crippen LogP contribution in [0.25, 0.3) is 0 Å². The minimum atomic E-state index is 0. The second-order valence-corrected chi connectivity index (χ2v) is 8.14. The van der Waals surface area contributed by atoms with Gasteiger partial charge >= 0.3 is 0 Å². The lowest BCUT2D eigenvalue weighted by molar-refractivity contribution is 0.0333. The summed E-state index contributed by atoms with van der Waals surface area (Å²) in [6, 6.07) is 17.8. The molecule has 6 heteroatoms. The number of ether oxygens (including phenoxy) is 2. The van der Waals surface area contributed by atoms with Crippen molar-refractivity contribution in [2.45, 2.75) is 51.4 Å². The monoisotopic (exact) mass is 452 g/mol. The molecule has 2 aromatic rings. The van der Waals surface area contributed by atoms with Crippen LogP contribution in [-0.2, 0) is 11.2 Å². The highest BCUT2D eigenvalue weighted by Crippen LogP contribution is 2.31. The summed E-state index contributed by atoms with van der Waals surface area (Å²) in [7, 11) is 0. The summed E-state index contributed by atoms with van der Waals surface area (Å²) in [4.78, 5) is 2.48. The van der Waals surface area contributed by atoms with Gasteiger partial charge in [0.25, 0.3) is 0 Å².